The molecule has 0 spiro atoms. The number of carbonyl (C=O) groups excluding carboxylic acids is 1. The highest BCUT2D eigenvalue weighted by Crippen LogP contribution is 2.42. The van der Waals surface area contributed by atoms with Crippen LogP contribution < -0.4 is 5.32 Å². The van der Waals surface area contributed by atoms with Crippen molar-refractivity contribution in [2.75, 3.05) is 38.5 Å². The number of rotatable bonds is 6. The van der Waals surface area contributed by atoms with Crippen LogP contribution in [0.2, 0.25) is 5.02 Å². The zero-order chi connectivity index (χ0) is 23.7. The highest BCUT2D eigenvalue weighted by Gasteiger charge is 2.47. The molecule has 3 rings (SSSR count). The second-order valence-corrected chi connectivity index (χ2v) is 11.0. The molecule has 2 fully saturated rings. The van der Waals surface area contributed by atoms with Gasteiger partial charge in [0.15, 0.2) is 0 Å². The second-order valence-electron chi connectivity index (χ2n) is 8.29. The van der Waals surface area contributed by atoms with Crippen molar-refractivity contribution in [3.8, 4) is 0 Å². The molecule has 1 aliphatic carbocycles. The van der Waals surface area contributed by atoms with Gasteiger partial charge in [-0.3, -0.25) is 9.69 Å². The van der Waals surface area contributed by atoms with Crippen LogP contribution in [0.25, 0.3) is 0 Å². The minimum atomic E-state index is -3.37. The molecule has 0 bridgehead atoms. The van der Waals surface area contributed by atoms with Crippen LogP contribution in [0.1, 0.15) is 43.0 Å². The van der Waals surface area contributed by atoms with Crippen molar-refractivity contribution in [2.45, 2.75) is 44.1 Å². The number of amides is 1. The van der Waals surface area contributed by atoms with Gasteiger partial charge >= 0.3 is 0 Å². The smallest absolute Gasteiger partial charge is 0.257 e. The molecule has 1 saturated carbocycles. The molecule has 1 aromatic carbocycles. The van der Waals surface area contributed by atoms with Crippen molar-refractivity contribution in [1.29, 1.82) is 0 Å². The van der Waals surface area contributed by atoms with Gasteiger partial charge in [-0.2, -0.15) is 4.31 Å². The maximum Gasteiger partial charge on any atom is 0.257 e. The Morgan fingerprint density at radius 1 is 1.06 bits per heavy atom. The SMILES string of the molecule is CCS(=O)(=O)N1CCN(C2(CNC(=O)c3c(F)cc(Cl)cc3F)CCC(F)(F)CC2)CC1. The van der Waals surface area contributed by atoms with Crippen molar-refractivity contribution in [3.05, 3.63) is 34.4 Å². The van der Waals surface area contributed by atoms with Crippen LogP contribution in [-0.4, -0.2) is 73.5 Å². The number of carbonyl (C=O) groups is 1. The predicted molar refractivity (Wildman–Crippen MR) is 112 cm³/mol. The van der Waals surface area contributed by atoms with Gasteiger partial charge in [0.1, 0.15) is 17.2 Å². The van der Waals surface area contributed by atoms with Crippen molar-refractivity contribution in [3.63, 3.8) is 0 Å². The Balaban J connectivity index is 1.76. The lowest BCUT2D eigenvalue weighted by Crippen LogP contribution is -2.63. The summed E-state index contributed by atoms with van der Waals surface area (Å²) in [5.41, 5.74) is -1.65. The summed E-state index contributed by atoms with van der Waals surface area (Å²) in [6.07, 6.45) is -0.654. The van der Waals surface area contributed by atoms with Gasteiger partial charge in [-0.1, -0.05) is 11.6 Å². The Labute approximate surface area is 189 Å². The molecular formula is C20H26ClF4N3O3S. The van der Waals surface area contributed by atoms with Gasteiger partial charge in [-0.25, -0.2) is 26.0 Å². The number of nitrogens with one attached hydrogen (secondary N) is 1. The Bertz CT molecular complexity index is 936. The molecule has 2 aliphatic rings. The zero-order valence-electron chi connectivity index (χ0n) is 17.6. The van der Waals surface area contributed by atoms with E-state index in [-0.39, 0.29) is 56.1 Å². The van der Waals surface area contributed by atoms with Crippen molar-refractivity contribution < 1.29 is 30.8 Å². The maximum atomic E-state index is 14.1. The summed E-state index contributed by atoms with van der Waals surface area (Å²) in [4.78, 5) is 14.4. The molecule has 0 aromatic heterocycles. The highest BCUT2D eigenvalue weighted by molar-refractivity contribution is 7.89. The number of alkyl halides is 2. The number of sulfonamides is 1. The molecule has 0 unspecified atom stereocenters. The summed E-state index contributed by atoms with van der Waals surface area (Å²) in [5.74, 6) is -6.08. The van der Waals surface area contributed by atoms with Gasteiger partial charge in [0, 0.05) is 56.1 Å². The highest BCUT2D eigenvalue weighted by atomic mass is 35.5. The first-order valence-electron chi connectivity index (χ1n) is 10.4. The Morgan fingerprint density at radius 3 is 2.09 bits per heavy atom. The largest absolute Gasteiger partial charge is 0.350 e. The number of piperazine rings is 1. The summed E-state index contributed by atoms with van der Waals surface area (Å²) < 4.78 is 81.6. The number of hydrogen-bond acceptors (Lipinski definition) is 4. The van der Waals surface area contributed by atoms with Crippen LogP contribution in [0.5, 0.6) is 0 Å². The lowest BCUT2D eigenvalue weighted by Gasteiger charge is -2.50. The van der Waals surface area contributed by atoms with Gasteiger partial charge in [0.2, 0.25) is 15.9 Å². The fraction of sp³-hybridized carbons (Fsp3) is 0.650. The summed E-state index contributed by atoms with van der Waals surface area (Å²) in [7, 11) is -3.37. The average Bonchev–Trinajstić information content (AvgIpc) is 2.73. The molecule has 1 heterocycles. The molecular weight excluding hydrogens is 474 g/mol. The van der Waals surface area contributed by atoms with E-state index in [1.165, 1.54) is 4.31 Å². The fourth-order valence-corrected chi connectivity index (χ4v) is 5.68. The van der Waals surface area contributed by atoms with Gasteiger partial charge in [-0.05, 0) is 31.9 Å². The first-order chi connectivity index (χ1) is 14.9. The minimum absolute atomic E-state index is 0.0291. The van der Waals surface area contributed by atoms with Gasteiger partial charge in [0.05, 0.1) is 5.75 Å². The number of nitrogens with zero attached hydrogens (tertiary/aromatic N) is 2. The van der Waals surface area contributed by atoms with E-state index in [9.17, 15) is 30.8 Å². The van der Waals surface area contributed by atoms with E-state index in [2.05, 4.69) is 5.32 Å². The van der Waals surface area contributed by atoms with Crippen LogP contribution in [0.15, 0.2) is 12.1 Å². The molecule has 0 atom stereocenters. The lowest BCUT2D eigenvalue weighted by molar-refractivity contribution is -0.0856. The van der Waals surface area contributed by atoms with Crippen LogP contribution >= 0.6 is 11.6 Å². The Morgan fingerprint density at radius 2 is 1.59 bits per heavy atom. The number of halogens is 5. The summed E-state index contributed by atoms with van der Waals surface area (Å²) in [6, 6.07) is 1.65. The predicted octanol–water partition coefficient (Wildman–Crippen LogP) is 3.26. The third-order valence-corrected chi connectivity index (χ3v) is 8.49. The molecule has 32 heavy (non-hydrogen) atoms. The van der Waals surface area contributed by atoms with E-state index in [0.29, 0.717) is 13.1 Å². The summed E-state index contributed by atoms with van der Waals surface area (Å²) in [6.45, 7) is 2.50. The van der Waals surface area contributed by atoms with Gasteiger partial charge in [-0.15, -0.1) is 0 Å². The molecule has 1 aromatic rings. The molecule has 1 aliphatic heterocycles. The van der Waals surface area contributed by atoms with E-state index in [1.54, 1.807) is 6.92 Å². The first kappa shape index (κ1) is 25.2. The lowest BCUT2D eigenvalue weighted by atomic mass is 9.78. The Hall–Kier alpha value is -1.43. The molecule has 1 N–H and O–H groups in total. The van der Waals surface area contributed by atoms with E-state index in [0.717, 1.165) is 12.1 Å². The average molecular weight is 500 g/mol. The van der Waals surface area contributed by atoms with Gasteiger partial charge in [0.25, 0.3) is 5.91 Å². The van der Waals surface area contributed by atoms with Crippen LogP contribution in [0, 0.1) is 11.6 Å². The first-order valence-corrected chi connectivity index (χ1v) is 12.4. The zero-order valence-corrected chi connectivity index (χ0v) is 19.2. The number of hydrogen-bond donors (Lipinski definition) is 1. The molecule has 1 saturated heterocycles. The standard InChI is InChI=1S/C20H26ClF4N3O3S/c1-2-32(30,31)28-9-7-27(8-10-28)19(3-5-20(24,25)6-4-19)13-26-18(29)17-15(22)11-14(21)12-16(17)23/h11-12H,2-10,13H2,1H3,(H,26,29). The summed E-state index contributed by atoms with van der Waals surface area (Å²) in [5, 5.41) is 2.32. The molecule has 12 heteroatoms. The second kappa shape index (κ2) is 9.44. The quantitative estimate of drug-likeness (QED) is 0.610. The molecule has 6 nitrogen and oxygen atoms in total. The topological polar surface area (TPSA) is 69.7 Å². The molecule has 0 radical (unpaired) electrons. The van der Waals surface area contributed by atoms with Crippen LogP contribution in [0.4, 0.5) is 17.6 Å². The third-order valence-electron chi connectivity index (χ3n) is 6.39. The fourth-order valence-electron chi connectivity index (χ4n) is 4.40. The van der Waals surface area contributed by atoms with Crippen molar-refractivity contribution in [2.24, 2.45) is 0 Å². The summed E-state index contributed by atoms with van der Waals surface area (Å²) >= 11 is 5.59. The normalized spacial score (nSPS) is 21.9. The molecule has 1 amide bonds. The van der Waals surface area contributed by atoms with E-state index >= 15 is 0 Å². The van der Waals surface area contributed by atoms with E-state index < -0.39 is 44.6 Å². The van der Waals surface area contributed by atoms with Gasteiger partial charge < -0.3 is 5.32 Å². The van der Waals surface area contributed by atoms with E-state index in [1.807, 2.05) is 4.90 Å². The van der Waals surface area contributed by atoms with E-state index in [4.69, 9.17) is 11.6 Å². The van der Waals surface area contributed by atoms with Crippen LogP contribution in [0.3, 0.4) is 0 Å². The molecule has 180 valence electrons. The van der Waals surface area contributed by atoms with Crippen LogP contribution in [-0.2, 0) is 10.0 Å². The Kier molecular flexibility index (Phi) is 7.43. The monoisotopic (exact) mass is 499 g/mol. The van der Waals surface area contributed by atoms with Crippen molar-refractivity contribution >= 4 is 27.5 Å². The van der Waals surface area contributed by atoms with Crippen molar-refractivity contribution in [1.82, 2.24) is 14.5 Å². The third kappa shape index (κ3) is 5.37. The number of benzene rings is 1. The minimum Gasteiger partial charge on any atom is -0.350 e. The maximum absolute atomic E-state index is 14.1.